The molecule has 1 aliphatic heterocycles. The summed E-state index contributed by atoms with van der Waals surface area (Å²) in [6.45, 7) is 2.22. The van der Waals surface area contributed by atoms with Gasteiger partial charge in [-0.05, 0) is 35.4 Å². The lowest BCUT2D eigenvalue weighted by molar-refractivity contribution is 0.550. The fraction of sp³-hybridized carbons (Fsp3) is 0.636. The maximum Gasteiger partial charge on any atom is 0.225 e. The summed E-state index contributed by atoms with van der Waals surface area (Å²) >= 11 is 2.24. The Bertz CT molecular complexity index is 291. The van der Waals surface area contributed by atoms with Crippen molar-refractivity contribution in [3.8, 4) is 0 Å². The Morgan fingerprint density at radius 2 is 1.47 bits per heavy atom. The molecule has 15 heavy (non-hydrogen) atoms. The number of hydrogen-bond acceptors (Lipinski definition) is 3. The Hall–Kier alpha value is -0.390. The van der Waals surface area contributed by atoms with Crippen LogP contribution in [0.3, 0.4) is 0 Å². The van der Waals surface area contributed by atoms with Crippen LogP contribution in [-0.2, 0) is 0 Å². The molecule has 2 heterocycles. The van der Waals surface area contributed by atoms with Crippen LogP contribution >= 0.6 is 22.6 Å². The molecule has 2 rings (SSSR count). The quantitative estimate of drug-likeness (QED) is 0.746. The molecule has 0 aromatic carbocycles. The third-order valence-electron chi connectivity index (χ3n) is 2.75. The molecule has 1 aromatic rings. The number of anilines is 1. The summed E-state index contributed by atoms with van der Waals surface area (Å²) in [5, 5.41) is 0. The van der Waals surface area contributed by atoms with E-state index in [-0.39, 0.29) is 0 Å². The highest BCUT2D eigenvalue weighted by molar-refractivity contribution is 14.1. The lowest BCUT2D eigenvalue weighted by Crippen LogP contribution is -2.28. The minimum absolute atomic E-state index is 0.900. The van der Waals surface area contributed by atoms with Gasteiger partial charge in [-0.15, -0.1) is 0 Å². The van der Waals surface area contributed by atoms with Gasteiger partial charge in [0.15, 0.2) is 0 Å². The summed E-state index contributed by atoms with van der Waals surface area (Å²) in [6.07, 6.45) is 10.4. The Morgan fingerprint density at radius 3 is 2.07 bits per heavy atom. The van der Waals surface area contributed by atoms with Crippen molar-refractivity contribution in [3.05, 3.63) is 16.0 Å². The van der Waals surface area contributed by atoms with Crippen LogP contribution in [0.15, 0.2) is 12.4 Å². The van der Waals surface area contributed by atoms with E-state index < -0.39 is 0 Å². The van der Waals surface area contributed by atoms with Crippen molar-refractivity contribution in [1.82, 2.24) is 9.97 Å². The predicted molar refractivity (Wildman–Crippen MR) is 70.0 cm³/mol. The molecule has 0 amide bonds. The maximum atomic E-state index is 4.38. The Labute approximate surface area is 104 Å². The zero-order valence-electron chi connectivity index (χ0n) is 8.82. The second-order valence-corrected chi connectivity index (χ2v) is 5.20. The Morgan fingerprint density at radius 1 is 0.933 bits per heavy atom. The molecule has 0 bridgehead atoms. The number of halogens is 1. The van der Waals surface area contributed by atoms with Gasteiger partial charge in [0.05, 0.1) is 0 Å². The van der Waals surface area contributed by atoms with Crippen LogP contribution in [0.4, 0.5) is 5.95 Å². The van der Waals surface area contributed by atoms with Crippen molar-refractivity contribution in [3.63, 3.8) is 0 Å². The lowest BCUT2D eigenvalue weighted by Gasteiger charge is -2.24. The van der Waals surface area contributed by atoms with E-state index in [1.54, 1.807) is 0 Å². The summed E-state index contributed by atoms with van der Waals surface area (Å²) in [5.41, 5.74) is 0. The molecule has 0 aliphatic carbocycles. The summed E-state index contributed by atoms with van der Waals surface area (Å²) in [4.78, 5) is 11.1. The second kappa shape index (κ2) is 5.63. The molecule has 1 fully saturated rings. The molecule has 0 radical (unpaired) electrons. The third-order valence-corrected chi connectivity index (χ3v) is 3.30. The van der Waals surface area contributed by atoms with E-state index in [0.717, 1.165) is 22.6 Å². The average molecular weight is 317 g/mol. The standard InChI is InChI=1S/C11H16IN3/c12-10-8-13-11(14-9-10)15-6-4-2-1-3-5-7-15/h8-9H,1-7H2. The smallest absolute Gasteiger partial charge is 0.225 e. The van der Waals surface area contributed by atoms with Gasteiger partial charge >= 0.3 is 0 Å². The van der Waals surface area contributed by atoms with Gasteiger partial charge in [0.25, 0.3) is 0 Å². The van der Waals surface area contributed by atoms with E-state index >= 15 is 0 Å². The minimum atomic E-state index is 0.900. The van der Waals surface area contributed by atoms with Gasteiger partial charge in [-0.1, -0.05) is 19.3 Å². The summed E-state index contributed by atoms with van der Waals surface area (Å²) < 4.78 is 1.10. The highest BCUT2D eigenvalue weighted by Crippen LogP contribution is 2.15. The highest BCUT2D eigenvalue weighted by Gasteiger charge is 2.10. The molecular formula is C11H16IN3. The summed E-state index contributed by atoms with van der Waals surface area (Å²) in [6, 6.07) is 0. The first kappa shape index (κ1) is 11.1. The fourth-order valence-electron chi connectivity index (χ4n) is 1.92. The number of aromatic nitrogens is 2. The predicted octanol–water partition coefficient (Wildman–Crippen LogP) is 2.85. The van der Waals surface area contributed by atoms with Crippen LogP contribution in [0.25, 0.3) is 0 Å². The van der Waals surface area contributed by atoms with Crippen LogP contribution < -0.4 is 4.90 Å². The molecule has 1 saturated heterocycles. The molecule has 1 aliphatic rings. The molecule has 0 atom stereocenters. The molecule has 3 nitrogen and oxygen atoms in total. The van der Waals surface area contributed by atoms with Crippen LogP contribution in [0.5, 0.6) is 0 Å². The van der Waals surface area contributed by atoms with E-state index in [1.165, 1.54) is 32.1 Å². The number of rotatable bonds is 1. The molecule has 0 N–H and O–H groups in total. The van der Waals surface area contributed by atoms with Crippen LogP contribution in [0, 0.1) is 3.57 Å². The van der Waals surface area contributed by atoms with Gasteiger partial charge in [0, 0.05) is 29.1 Å². The van der Waals surface area contributed by atoms with E-state index in [4.69, 9.17) is 0 Å². The van der Waals surface area contributed by atoms with Crippen molar-refractivity contribution in [2.75, 3.05) is 18.0 Å². The van der Waals surface area contributed by atoms with Crippen LogP contribution in [0.1, 0.15) is 32.1 Å². The van der Waals surface area contributed by atoms with Gasteiger partial charge in [0.2, 0.25) is 5.95 Å². The van der Waals surface area contributed by atoms with Gasteiger partial charge in [-0.3, -0.25) is 0 Å². The largest absolute Gasteiger partial charge is 0.341 e. The van der Waals surface area contributed by atoms with Gasteiger partial charge in [-0.2, -0.15) is 0 Å². The monoisotopic (exact) mass is 317 g/mol. The zero-order valence-corrected chi connectivity index (χ0v) is 11.0. The van der Waals surface area contributed by atoms with E-state index in [9.17, 15) is 0 Å². The van der Waals surface area contributed by atoms with Crippen LogP contribution in [-0.4, -0.2) is 23.1 Å². The van der Waals surface area contributed by atoms with Crippen molar-refractivity contribution < 1.29 is 0 Å². The number of nitrogens with zero attached hydrogens (tertiary/aromatic N) is 3. The topological polar surface area (TPSA) is 29.0 Å². The van der Waals surface area contributed by atoms with Gasteiger partial charge < -0.3 is 4.90 Å². The highest BCUT2D eigenvalue weighted by atomic mass is 127. The first-order chi connectivity index (χ1) is 7.36. The average Bonchev–Trinajstić information content (AvgIpc) is 2.19. The normalized spacial score (nSPS) is 18.3. The molecular weight excluding hydrogens is 301 g/mol. The van der Waals surface area contributed by atoms with Crippen molar-refractivity contribution in [2.24, 2.45) is 0 Å². The first-order valence-corrected chi connectivity index (χ1v) is 6.66. The zero-order chi connectivity index (χ0) is 10.5. The summed E-state index contributed by atoms with van der Waals surface area (Å²) in [5.74, 6) is 0.900. The molecule has 82 valence electrons. The maximum absolute atomic E-state index is 4.38. The Balaban J connectivity index is 2.03. The molecule has 0 spiro atoms. The lowest BCUT2D eigenvalue weighted by atomic mass is 10.1. The second-order valence-electron chi connectivity index (χ2n) is 3.96. The number of hydrogen-bond donors (Lipinski definition) is 0. The third kappa shape index (κ3) is 3.29. The van der Waals surface area contributed by atoms with Gasteiger partial charge in [-0.25, -0.2) is 9.97 Å². The van der Waals surface area contributed by atoms with E-state index in [0.29, 0.717) is 0 Å². The minimum Gasteiger partial charge on any atom is -0.341 e. The van der Waals surface area contributed by atoms with E-state index in [2.05, 4.69) is 37.5 Å². The fourth-order valence-corrected chi connectivity index (χ4v) is 2.19. The molecule has 0 saturated carbocycles. The SMILES string of the molecule is Ic1cnc(N2CCCCCCC2)nc1. The summed E-state index contributed by atoms with van der Waals surface area (Å²) in [7, 11) is 0. The van der Waals surface area contributed by atoms with E-state index in [1.807, 2.05) is 12.4 Å². The molecule has 0 unspecified atom stereocenters. The molecule has 4 heteroatoms. The first-order valence-electron chi connectivity index (χ1n) is 5.59. The van der Waals surface area contributed by atoms with Gasteiger partial charge in [0.1, 0.15) is 0 Å². The molecule has 1 aromatic heterocycles. The Kier molecular flexibility index (Phi) is 4.17. The van der Waals surface area contributed by atoms with Crippen LogP contribution in [0.2, 0.25) is 0 Å². The van der Waals surface area contributed by atoms with Crippen molar-refractivity contribution >= 4 is 28.5 Å². The van der Waals surface area contributed by atoms with Crippen molar-refractivity contribution in [1.29, 1.82) is 0 Å². The van der Waals surface area contributed by atoms with Crippen molar-refractivity contribution in [2.45, 2.75) is 32.1 Å².